The molecule has 1 aromatic carbocycles. The van der Waals surface area contributed by atoms with Crippen LogP contribution in [0, 0.1) is 5.92 Å². The number of para-hydroxylation sites is 1. The van der Waals surface area contributed by atoms with E-state index in [9.17, 15) is 5.11 Å². The number of nitrogens with zero attached hydrogens (tertiary/aromatic N) is 1. The summed E-state index contributed by atoms with van der Waals surface area (Å²) in [5, 5.41) is 10.1. The molecule has 0 spiro atoms. The average molecular weight is 259 g/mol. The Morgan fingerprint density at radius 1 is 1.11 bits per heavy atom. The van der Waals surface area contributed by atoms with Crippen LogP contribution in [-0.4, -0.2) is 22.6 Å². The molecular formula is C17H25NO. The number of aromatic hydroxyl groups is 1. The Morgan fingerprint density at radius 3 is 2.68 bits per heavy atom. The first-order valence-corrected chi connectivity index (χ1v) is 7.81. The maximum atomic E-state index is 10.1. The molecule has 0 aromatic heterocycles. The quantitative estimate of drug-likeness (QED) is 0.864. The molecule has 19 heavy (non-hydrogen) atoms. The molecular weight excluding hydrogens is 234 g/mol. The molecule has 1 aliphatic carbocycles. The predicted molar refractivity (Wildman–Crippen MR) is 78.2 cm³/mol. The summed E-state index contributed by atoms with van der Waals surface area (Å²) >= 11 is 0. The van der Waals surface area contributed by atoms with Gasteiger partial charge in [0.2, 0.25) is 0 Å². The van der Waals surface area contributed by atoms with Gasteiger partial charge in [-0.3, -0.25) is 4.90 Å². The number of piperidine rings is 1. The van der Waals surface area contributed by atoms with E-state index >= 15 is 0 Å². The molecule has 0 bridgehead atoms. The molecule has 0 amide bonds. The van der Waals surface area contributed by atoms with Crippen LogP contribution >= 0.6 is 0 Å². The van der Waals surface area contributed by atoms with E-state index in [0.29, 0.717) is 11.8 Å². The SMILES string of the molecule is CC(c1ccccc1O)N1CCCC2CCCCC21. The van der Waals surface area contributed by atoms with Gasteiger partial charge >= 0.3 is 0 Å². The Bertz CT molecular complexity index is 429. The maximum Gasteiger partial charge on any atom is 0.120 e. The maximum absolute atomic E-state index is 10.1. The lowest BCUT2D eigenvalue weighted by atomic mass is 9.77. The second-order valence-corrected chi connectivity index (χ2v) is 6.23. The fourth-order valence-electron chi connectivity index (χ4n) is 4.16. The minimum Gasteiger partial charge on any atom is -0.508 e. The number of benzene rings is 1. The average Bonchev–Trinajstić information content (AvgIpc) is 2.46. The van der Waals surface area contributed by atoms with Crippen LogP contribution in [0.2, 0.25) is 0 Å². The zero-order valence-electron chi connectivity index (χ0n) is 11.9. The molecule has 1 saturated heterocycles. The van der Waals surface area contributed by atoms with Gasteiger partial charge in [-0.2, -0.15) is 0 Å². The van der Waals surface area contributed by atoms with Gasteiger partial charge in [0, 0.05) is 17.6 Å². The highest BCUT2D eigenvalue weighted by molar-refractivity contribution is 5.34. The summed E-state index contributed by atoms with van der Waals surface area (Å²) in [6.07, 6.45) is 8.29. The topological polar surface area (TPSA) is 23.5 Å². The van der Waals surface area contributed by atoms with Crippen molar-refractivity contribution < 1.29 is 5.11 Å². The van der Waals surface area contributed by atoms with E-state index in [0.717, 1.165) is 17.5 Å². The van der Waals surface area contributed by atoms with Crippen LogP contribution < -0.4 is 0 Å². The summed E-state index contributed by atoms with van der Waals surface area (Å²) < 4.78 is 0. The van der Waals surface area contributed by atoms with Crippen LogP contribution in [0.3, 0.4) is 0 Å². The lowest BCUT2D eigenvalue weighted by Gasteiger charge is -2.47. The second kappa shape index (κ2) is 5.54. The smallest absolute Gasteiger partial charge is 0.120 e. The number of phenolic OH excluding ortho intramolecular Hbond substituents is 1. The van der Waals surface area contributed by atoms with Crippen molar-refractivity contribution in [1.29, 1.82) is 0 Å². The first-order valence-electron chi connectivity index (χ1n) is 7.81. The van der Waals surface area contributed by atoms with E-state index in [1.54, 1.807) is 0 Å². The zero-order valence-corrected chi connectivity index (χ0v) is 11.9. The van der Waals surface area contributed by atoms with Crippen molar-refractivity contribution in [2.45, 2.75) is 57.5 Å². The summed E-state index contributed by atoms with van der Waals surface area (Å²) in [5.74, 6) is 1.35. The monoisotopic (exact) mass is 259 g/mol. The van der Waals surface area contributed by atoms with Crippen LogP contribution in [0.15, 0.2) is 24.3 Å². The van der Waals surface area contributed by atoms with Crippen molar-refractivity contribution in [3.05, 3.63) is 29.8 Å². The molecule has 1 aromatic rings. The zero-order chi connectivity index (χ0) is 13.2. The number of phenols is 1. The molecule has 1 heterocycles. The van der Waals surface area contributed by atoms with Crippen LogP contribution in [0.1, 0.15) is 57.1 Å². The molecule has 1 N–H and O–H groups in total. The van der Waals surface area contributed by atoms with Gasteiger partial charge in [0.25, 0.3) is 0 Å². The van der Waals surface area contributed by atoms with E-state index in [1.165, 1.54) is 45.1 Å². The molecule has 2 fully saturated rings. The molecule has 1 saturated carbocycles. The third-order valence-electron chi connectivity index (χ3n) is 5.17. The van der Waals surface area contributed by atoms with E-state index in [4.69, 9.17) is 0 Å². The molecule has 3 rings (SSSR count). The number of hydrogen-bond acceptors (Lipinski definition) is 2. The third kappa shape index (κ3) is 2.51. The minimum atomic E-state index is 0.340. The Hall–Kier alpha value is -1.02. The summed E-state index contributed by atoms with van der Waals surface area (Å²) in [7, 11) is 0. The van der Waals surface area contributed by atoms with Crippen molar-refractivity contribution in [2.24, 2.45) is 5.92 Å². The van der Waals surface area contributed by atoms with Crippen molar-refractivity contribution in [3.8, 4) is 5.75 Å². The summed E-state index contributed by atoms with van der Waals surface area (Å²) in [4.78, 5) is 2.66. The Kier molecular flexibility index (Phi) is 3.79. The van der Waals surface area contributed by atoms with Gasteiger partial charge in [-0.25, -0.2) is 0 Å². The molecule has 2 nitrogen and oxygen atoms in total. The molecule has 3 unspecified atom stereocenters. The Morgan fingerprint density at radius 2 is 1.84 bits per heavy atom. The van der Waals surface area contributed by atoms with Gasteiger partial charge in [0.05, 0.1) is 0 Å². The largest absolute Gasteiger partial charge is 0.508 e. The molecule has 104 valence electrons. The Labute approximate surface area is 116 Å². The van der Waals surface area contributed by atoms with Gasteiger partial charge in [-0.05, 0) is 51.1 Å². The Balaban J connectivity index is 1.82. The van der Waals surface area contributed by atoms with Crippen LogP contribution in [-0.2, 0) is 0 Å². The fraction of sp³-hybridized carbons (Fsp3) is 0.647. The van der Waals surface area contributed by atoms with Crippen LogP contribution in [0.5, 0.6) is 5.75 Å². The third-order valence-corrected chi connectivity index (χ3v) is 5.17. The van der Waals surface area contributed by atoms with E-state index in [2.05, 4.69) is 17.9 Å². The summed E-state index contributed by atoms with van der Waals surface area (Å²) in [6.45, 7) is 3.45. The molecule has 2 heteroatoms. The number of rotatable bonds is 2. The number of likely N-dealkylation sites (tertiary alicyclic amines) is 1. The lowest BCUT2D eigenvalue weighted by molar-refractivity contribution is 0.0301. The number of hydrogen-bond donors (Lipinski definition) is 1. The lowest BCUT2D eigenvalue weighted by Crippen LogP contribution is -2.47. The standard InChI is InChI=1S/C17H25NO/c1-13(15-9-3-5-11-17(15)19)18-12-6-8-14-7-2-4-10-16(14)18/h3,5,9,11,13-14,16,19H,2,4,6-8,10,12H2,1H3. The van der Waals surface area contributed by atoms with Gasteiger partial charge in [-0.1, -0.05) is 31.0 Å². The first-order chi connectivity index (χ1) is 9.27. The number of fused-ring (bicyclic) bond motifs is 1. The minimum absolute atomic E-state index is 0.340. The highest BCUT2D eigenvalue weighted by Gasteiger charge is 2.36. The molecule has 3 atom stereocenters. The normalized spacial score (nSPS) is 29.7. The van der Waals surface area contributed by atoms with Crippen LogP contribution in [0.4, 0.5) is 0 Å². The van der Waals surface area contributed by atoms with E-state index < -0.39 is 0 Å². The van der Waals surface area contributed by atoms with E-state index in [-0.39, 0.29) is 0 Å². The summed E-state index contributed by atoms with van der Waals surface area (Å²) in [5.41, 5.74) is 1.09. The van der Waals surface area contributed by atoms with Gasteiger partial charge in [0.15, 0.2) is 0 Å². The van der Waals surface area contributed by atoms with Crippen molar-refractivity contribution >= 4 is 0 Å². The summed E-state index contributed by atoms with van der Waals surface area (Å²) in [6, 6.07) is 8.92. The van der Waals surface area contributed by atoms with Crippen molar-refractivity contribution in [3.63, 3.8) is 0 Å². The van der Waals surface area contributed by atoms with Gasteiger partial charge in [0.1, 0.15) is 5.75 Å². The molecule has 0 radical (unpaired) electrons. The van der Waals surface area contributed by atoms with Gasteiger partial charge < -0.3 is 5.11 Å². The highest BCUT2D eigenvalue weighted by Crippen LogP contribution is 2.40. The van der Waals surface area contributed by atoms with E-state index in [1.807, 2.05) is 18.2 Å². The van der Waals surface area contributed by atoms with Crippen molar-refractivity contribution in [1.82, 2.24) is 4.90 Å². The predicted octanol–water partition coefficient (Wildman–Crippen LogP) is 4.11. The van der Waals surface area contributed by atoms with Crippen LogP contribution in [0.25, 0.3) is 0 Å². The second-order valence-electron chi connectivity index (χ2n) is 6.23. The molecule has 1 aliphatic heterocycles. The fourth-order valence-corrected chi connectivity index (χ4v) is 4.16. The first kappa shape index (κ1) is 13.0. The van der Waals surface area contributed by atoms with Crippen molar-refractivity contribution in [2.75, 3.05) is 6.54 Å². The van der Waals surface area contributed by atoms with Gasteiger partial charge in [-0.15, -0.1) is 0 Å². The molecule has 2 aliphatic rings. The highest BCUT2D eigenvalue weighted by atomic mass is 16.3.